The Kier molecular flexibility index (Phi) is 6.64. The van der Waals surface area contributed by atoms with Crippen LogP contribution < -0.4 is 21.1 Å². The Morgan fingerprint density at radius 2 is 1.91 bits per heavy atom. The fraction of sp³-hybridized carbons (Fsp3) is 0.304. The molecule has 11 heteroatoms. The summed E-state index contributed by atoms with van der Waals surface area (Å²) < 4.78 is 50.9. The number of nitrogens with zero attached hydrogens (tertiary/aromatic N) is 2. The van der Waals surface area contributed by atoms with Gasteiger partial charge in [0.2, 0.25) is 0 Å². The fourth-order valence-electron chi connectivity index (χ4n) is 3.66. The van der Waals surface area contributed by atoms with Crippen molar-refractivity contribution in [2.24, 2.45) is 0 Å². The van der Waals surface area contributed by atoms with Gasteiger partial charge in [-0.15, -0.1) is 0 Å². The first kappa shape index (κ1) is 23.4. The lowest BCUT2D eigenvalue weighted by Gasteiger charge is -2.12. The van der Waals surface area contributed by atoms with Gasteiger partial charge in [0.15, 0.2) is 5.82 Å². The van der Waals surface area contributed by atoms with Crippen LogP contribution >= 0.6 is 0 Å². The maximum absolute atomic E-state index is 13.0. The van der Waals surface area contributed by atoms with Gasteiger partial charge in [-0.1, -0.05) is 0 Å². The van der Waals surface area contributed by atoms with Crippen LogP contribution in [-0.2, 0) is 10.9 Å². The summed E-state index contributed by atoms with van der Waals surface area (Å²) in [6.45, 7) is 1.01. The third kappa shape index (κ3) is 5.09. The number of carbonyl (C=O) groups is 1. The number of nitrogens with one attached hydrogen (secondary N) is 2. The van der Waals surface area contributed by atoms with E-state index < -0.39 is 17.8 Å². The standard InChI is InChI=1S/C23H24F3N5O3/c1-33-17-10-4-14(5-11-17)19-20(29-22(32)28-13-18-3-2-12-34-18)21(27)31(30-19)16-8-6-15(7-9-16)23(24,25)26/h4-11,18H,2-3,12-13,27H2,1H3,(H2,28,29,32)/t18-/m1/s1. The molecule has 0 bridgehead atoms. The molecule has 34 heavy (non-hydrogen) atoms. The van der Waals surface area contributed by atoms with Gasteiger partial charge in [-0.25, -0.2) is 9.48 Å². The molecule has 1 aliphatic heterocycles. The zero-order chi connectivity index (χ0) is 24.3. The molecule has 0 radical (unpaired) electrons. The van der Waals surface area contributed by atoms with Gasteiger partial charge in [-0.05, 0) is 61.4 Å². The van der Waals surface area contributed by atoms with Crippen LogP contribution in [0.4, 0.5) is 29.5 Å². The summed E-state index contributed by atoms with van der Waals surface area (Å²) >= 11 is 0. The number of rotatable bonds is 6. The zero-order valence-electron chi connectivity index (χ0n) is 18.4. The summed E-state index contributed by atoms with van der Waals surface area (Å²) in [5, 5.41) is 9.98. The smallest absolute Gasteiger partial charge is 0.416 e. The van der Waals surface area contributed by atoms with Crippen LogP contribution in [0.5, 0.6) is 5.75 Å². The number of hydrogen-bond acceptors (Lipinski definition) is 5. The van der Waals surface area contributed by atoms with Gasteiger partial charge in [0.1, 0.15) is 17.1 Å². The quantitative estimate of drug-likeness (QED) is 0.489. The Morgan fingerprint density at radius 3 is 2.50 bits per heavy atom. The molecule has 1 aromatic heterocycles. The number of halogens is 3. The highest BCUT2D eigenvalue weighted by atomic mass is 19.4. The van der Waals surface area contributed by atoms with E-state index in [1.54, 1.807) is 24.3 Å². The minimum Gasteiger partial charge on any atom is -0.497 e. The van der Waals surface area contributed by atoms with Gasteiger partial charge in [0, 0.05) is 18.7 Å². The van der Waals surface area contributed by atoms with E-state index in [1.165, 1.54) is 23.9 Å². The minimum atomic E-state index is -4.46. The van der Waals surface area contributed by atoms with E-state index in [-0.39, 0.29) is 17.6 Å². The number of amides is 2. The van der Waals surface area contributed by atoms with Gasteiger partial charge < -0.3 is 25.8 Å². The molecular weight excluding hydrogens is 451 g/mol. The lowest BCUT2D eigenvalue weighted by Crippen LogP contribution is -2.35. The monoisotopic (exact) mass is 475 g/mol. The molecule has 4 N–H and O–H groups in total. The molecule has 1 fully saturated rings. The van der Waals surface area contributed by atoms with Crippen LogP contribution in [0.1, 0.15) is 18.4 Å². The molecule has 180 valence electrons. The van der Waals surface area contributed by atoms with Crippen molar-refractivity contribution in [1.82, 2.24) is 15.1 Å². The van der Waals surface area contributed by atoms with Crippen LogP contribution in [-0.4, -0.2) is 42.2 Å². The second kappa shape index (κ2) is 9.64. The second-order valence-electron chi connectivity index (χ2n) is 7.76. The molecule has 1 saturated heterocycles. The SMILES string of the molecule is COc1ccc(-c2nn(-c3ccc(C(F)(F)F)cc3)c(N)c2NC(=O)NC[C@H]2CCCO2)cc1. The van der Waals surface area contributed by atoms with E-state index in [0.29, 0.717) is 35.8 Å². The third-order valence-corrected chi connectivity index (χ3v) is 5.48. The Bertz CT molecular complexity index is 1140. The zero-order valence-corrected chi connectivity index (χ0v) is 18.4. The van der Waals surface area contributed by atoms with Crippen molar-refractivity contribution in [1.29, 1.82) is 0 Å². The summed E-state index contributed by atoms with van der Waals surface area (Å²) in [7, 11) is 1.54. The molecule has 0 unspecified atom stereocenters. The summed E-state index contributed by atoms with van der Waals surface area (Å²) in [5.74, 6) is 0.695. The maximum atomic E-state index is 13.0. The summed E-state index contributed by atoms with van der Waals surface area (Å²) in [5.41, 5.74) is 7.05. The fourth-order valence-corrected chi connectivity index (χ4v) is 3.66. The normalized spacial score (nSPS) is 15.8. The van der Waals surface area contributed by atoms with Crippen LogP contribution in [0, 0.1) is 0 Å². The number of urea groups is 1. The number of nitrogen functional groups attached to an aromatic ring is 1. The summed E-state index contributed by atoms with van der Waals surface area (Å²) in [6.07, 6.45) is -2.69. The van der Waals surface area contributed by atoms with Gasteiger partial charge >= 0.3 is 12.2 Å². The van der Waals surface area contributed by atoms with Crippen molar-refractivity contribution in [3.8, 4) is 22.7 Å². The van der Waals surface area contributed by atoms with Gasteiger partial charge in [-0.2, -0.15) is 18.3 Å². The number of methoxy groups -OCH3 is 1. The first-order chi connectivity index (χ1) is 16.3. The van der Waals surface area contributed by atoms with Crippen molar-refractivity contribution in [2.45, 2.75) is 25.1 Å². The maximum Gasteiger partial charge on any atom is 0.416 e. The number of aromatic nitrogens is 2. The number of anilines is 2. The van der Waals surface area contributed by atoms with Crippen LogP contribution in [0.15, 0.2) is 48.5 Å². The number of carbonyl (C=O) groups excluding carboxylic acids is 1. The summed E-state index contributed by atoms with van der Waals surface area (Å²) in [6, 6.07) is 10.9. The molecule has 0 spiro atoms. The van der Waals surface area contributed by atoms with Crippen molar-refractivity contribution in [2.75, 3.05) is 31.3 Å². The largest absolute Gasteiger partial charge is 0.497 e. The van der Waals surface area contributed by atoms with E-state index in [1.807, 2.05) is 0 Å². The van der Waals surface area contributed by atoms with Crippen LogP contribution in [0.2, 0.25) is 0 Å². The van der Waals surface area contributed by atoms with Crippen molar-refractivity contribution in [3.63, 3.8) is 0 Å². The highest BCUT2D eigenvalue weighted by Gasteiger charge is 2.30. The molecular formula is C23H24F3N5O3. The first-order valence-electron chi connectivity index (χ1n) is 10.6. The minimum absolute atomic E-state index is 0.0426. The van der Waals surface area contributed by atoms with E-state index in [0.717, 1.165) is 25.0 Å². The van der Waals surface area contributed by atoms with E-state index in [2.05, 4.69) is 15.7 Å². The van der Waals surface area contributed by atoms with Crippen molar-refractivity contribution < 1.29 is 27.4 Å². The molecule has 2 aromatic carbocycles. The average molecular weight is 475 g/mol. The van der Waals surface area contributed by atoms with Crippen LogP contribution in [0.25, 0.3) is 16.9 Å². The van der Waals surface area contributed by atoms with Crippen LogP contribution in [0.3, 0.4) is 0 Å². The molecule has 4 rings (SSSR count). The number of ether oxygens (including phenoxy) is 2. The topological polar surface area (TPSA) is 103 Å². The highest BCUT2D eigenvalue weighted by molar-refractivity contribution is 5.97. The Labute approximate surface area is 193 Å². The Balaban J connectivity index is 1.66. The molecule has 0 saturated carbocycles. The number of alkyl halides is 3. The number of hydrogen-bond donors (Lipinski definition) is 3. The molecule has 3 aromatic rings. The van der Waals surface area contributed by atoms with E-state index >= 15 is 0 Å². The lowest BCUT2D eigenvalue weighted by atomic mass is 10.1. The highest BCUT2D eigenvalue weighted by Crippen LogP contribution is 2.36. The average Bonchev–Trinajstić information content (AvgIpc) is 3.46. The predicted octanol–water partition coefficient (Wildman–Crippen LogP) is 4.45. The molecule has 1 aliphatic rings. The number of nitrogens with two attached hydrogens (primary N) is 1. The molecule has 0 aliphatic carbocycles. The molecule has 2 heterocycles. The van der Waals surface area contributed by atoms with Gasteiger partial charge in [-0.3, -0.25) is 0 Å². The summed E-state index contributed by atoms with van der Waals surface area (Å²) in [4.78, 5) is 12.6. The second-order valence-corrected chi connectivity index (χ2v) is 7.76. The Hall–Kier alpha value is -3.73. The molecule has 2 amide bonds. The van der Waals surface area contributed by atoms with E-state index in [9.17, 15) is 18.0 Å². The van der Waals surface area contributed by atoms with Gasteiger partial charge in [0.05, 0.1) is 24.5 Å². The first-order valence-corrected chi connectivity index (χ1v) is 10.6. The third-order valence-electron chi connectivity index (χ3n) is 5.48. The lowest BCUT2D eigenvalue weighted by molar-refractivity contribution is -0.137. The Morgan fingerprint density at radius 1 is 1.21 bits per heavy atom. The molecule has 8 nitrogen and oxygen atoms in total. The van der Waals surface area contributed by atoms with E-state index in [4.69, 9.17) is 15.2 Å². The predicted molar refractivity (Wildman–Crippen MR) is 121 cm³/mol. The molecule has 1 atom stereocenters. The van der Waals surface area contributed by atoms with Gasteiger partial charge in [0.25, 0.3) is 0 Å². The van der Waals surface area contributed by atoms with Crippen molar-refractivity contribution in [3.05, 3.63) is 54.1 Å². The number of benzene rings is 2. The van der Waals surface area contributed by atoms with Crippen molar-refractivity contribution >= 4 is 17.5 Å².